The molecule has 0 spiro atoms. The third kappa shape index (κ3) is 4.58. The summed E-state index contributed by atoms with van der Waals surface area (Å²) in [4.78, 5) is 7.77. The Bertz CT molecular complexity index is 2970. The van der Waals surface area contributed by atoms with Crippen LogP contribution in [0.15, 0.2) is 170 Å². The van der Waals surface area contributed by atoms with Crippen molar-refractivity contribution in [2.45, 2.75) is 38.5 Å². The summed E-state index contributed by atoms with van der Waals surface area (Å²) in [5.41, 5.74) is 15.3. The maximum absolute atomic E-state index is 5.26. The molecule has 0 amide bonds. The van der Waals surface area contributed by atoms with Crippen molar-refractivity contribution in [2.75, 3.05) is 4.90 Å². The van der Waals surface area contributed by atoms with E-state index in [1.54, 1.807) is 0 Å². The molecule has 0 bridgehead atoms. The van der Waals surface area contributed by atoms with E-state index in [2.05, 4.69) is 202 Å². The second kappa shape index (κ2) is 11.5. The third-order valence-corrected chi connectivity index (χ3v) is 12.6. The fourth-order valence-electron chi connectivity index (χ4n) is 9.76. The average molecular weight is 705 g/mol. The fourth-order valence-corrected chi connectivity index (χ4v) is 9.76. The number of benzene rings is 8. The smallest absolute Gasteiger partial charge is 0.0730 e. The summed E-state index contributed by atoms with van der Waals surface area (Å²) in [5.74, 6) is 0. The van der Waals surface area contributed by atoms with Crippen LogP contribution >= 0.6 is 0 Å². The highest BCUT2D eigenvalue weighted by Gasteiger charge is 2.42. The second-order valence-corrected chi connectivity index (χ2v) is 16.4. The SMILES string of the molecule is CC1(C)c2cc3c(cc2-c2cc4c5ccccc5c5ccccc5c4cc21)C(C)(C)c1ccccc1N3c1cc(-c2ccccc2)nc(-c2ccccc2)c1. The van der Waals surface area contributed by atoms with Gasteiger partial charge >= 0.3 is 0 Å². The van der Waals surface area contributed by atoms with Crippen molar-refractivity contribution in [1.29, 1.82) is 0 Å². The zero-order valence-electron chi connectivity index (χ0n) is 31.6. The summed E-state index contributed by atoms with van der Waals surface area (Å²) < 4.78 is 0. The van der Waals surface area contributed by atoms with Crippen LogP contribution in [0.1, 0.15) is 49.9 Å². The van der Waals surface area contributed by atoms with Gasteiger partial charge in [-0.3, -0.25) is 0 Å². The zero-order valence-corrected chi connectivity index (χ0v) is 31.6. The van der Waals surface area contributed by atoms with Crippen LogP contribution in [0.5, 0.6) is 0 Å². The molecule has 0 atom stereocenters. The summed E-state index contributed by atoms with van der Waals surface area (Å²) in [6, 6.07) is 62.6. The van der Waals surface area contributed by atoms with Crippen LogP contribution in [-0.2, 0) is 10.8 Å². The van der Waals surface area contributed by atoms with Gasteiger partial charge in [0.2, 0.25) is 0 Å². The molecule has 0 fully saturated rings. The van der Waals surface area contributed by atoms with Crippen LogP contribution < -0.4 is 4.90 Å². The molecule has 0 N–H and O–H groups in total. The molecular formula is C53H40N2. The van der Waals surface area contributed by atoms with Crippen LogP contribution in [0, 0.1) is 0 Å². The number of hydrogen-bond acceptors (Lipinski definition) is 2. The van der Waals surface area contributed by atoms with Crippen LogP contribution in [0.2, 0.25) is 0 Å². The van der Waals surface area contributed by atoms with E-state index in [4.69, 9.17) is 4.98 Å². The van der Waals surface area contributed by atoms with Gasteiger partial charge < -0.3 is 4.90 Å². The van der Waals surface area contributed by atoms with E-state index in [-0.39, 0.29) is 10.8 Å². The number of aromatic nitrogens is 1. The molecule has 1 aliphatic heterocycles. The Morgan fingerprint density at radius 3 is 1.42 bits per heavy atom. The van der Waals surface area contributed by atoms with E-state index in [1.807, 2.05) is 0 Å². The normalized spacial score (nSPS) is 14.8. The number of fused-ring (bicyclic) bond motifs is 11. The van der Waals surface area contributed by atoms with Gasteiger partial charge in [-0.05, 0) is 108 Å². The van der Waals surface area contributed by atoms with Gasteiger partial charge in [-0.15, -0.1) is 0 Å². The van der Waals surface area contributed by atoms with Crippen LogP contribution in [0.3, 0.4) is 0 Å². The van der Waals surface area contributed by atoms with E-state index >= 15 is 0 Å². The first kappa shape index (κ1) is 32.0. The van der Waals surface area contributed by atoms with Crippen molar-refractivity contribution >= 4 is 49.4 Å². The minimum Gasteiger partial charge on any atom is -0.310 e. The molecule has 9 aromatic rings. The number of anilines is 3. The first-order valence-corrected chi connectivity index (χ1v) is 19.4. The van der Waals surface area contributed by atoms with Gasteiger partial charge in [-0.25, -0.2) is 4.98 Å². The molecule has 1 aromatic heterocycles. The first-order chi connectivity index (χ1) is 26.8. The van der Waals surface area contributed by atoms with Gasteiger partial charge in [-0.2, -0.15) is 0 Å². The maximum Gasteiger partial charge on any atom is 0.0730 e. The van der Waals surface area contributed by atoms with Crippen LogP contribution in [0.25, 0.3) is 66.0 Å². The molecule has 11 rings (SSSR count). The lowest BCUT2D eigenvalue weighted by atomic mass is 9.71. The first-order valence-electron chi connectivity index (χ1n) is 19.4. The Balaban J connectivity index is 1.19. The minimum absolute atomic E-state index is 0.212. The largest absolute Gasteiger partial charge is 0.310 e. The highest BCUT2D eigenvalue weighted by molar-refractivity contribution is 6.26. The van der Waals surface area contributed by atoms with Gasteiger partial charge in [0.25, 0.3) is 0 Å². The van der Waals surface area contributed by atoms with Crippen molar-refractivity contribution in [1.82, 2.24) is 4.98 Å². The van der Waals surface area contributed by atoms with Crippen LogP contribution in [-0.4, -0.2) is 4.98 Å². The predicted molar refractivity (Wildman–Crippen MR) is 232 cm³/mol. The molecule has 262 valence electrons. The molecule has 0 unspecified atom stereocenters. The summed E-state index contributed by atoms with van der Waals surface area (Å²) in [5, 5.41) is 7.89. The lowest BCUT2D eigenvalue weighted by molar-refractivity contribution is 0.627. The number of hydrogen-bond donors (Lipinski definition) is 0. The number of pyridine rings is 1. The average Bonchev–Trinajstić information content (AvgIpc) is 3.44. The lowest BCUT2D eigenvalue weighted by Crippen LogP contribution is -2.31. The molecule has 2 aliphatic rings. The molecular weight excluding hydrogens is 665 g/mol. The molecule has 0 saturated carbocycles. The standard InChI is InChI=1S/C53H40N2/c1-52(2)44-25-15-16-26-50(44)55(35-27-48(33-17-7-5-8-18-33)54-49(28-35)34-19-9-6-10-20-34)51-32-46-43(31-47(51)52)42-29-40-38-23-13-11-21-36(38)37-22-12-14-24-39(37)41(40)30-45(42)53(46,3)4/h5-32H,1-4H3. The molecule has 1 aliphatic carbocycles. The van der Waals surface area contributed by atoms with Gasteiger partial charge in [0.1, 0.15) is 0 Å². The van der Waals surface area contributed by atoms with Gasteiger partial charge in [-0.1, -0.05) is 155 Å². The Morgan fingerprint density at radius 1 is 0.364 bits per heavy atom. The van der Waals surface area contributed by atoms with Gasteiger partial charge in [0.05, 0.1) is 28.5 Å². The Morgan fingerprint density at radius 2 is 0.818 bits per heavy atom. The lowest BCUT2D eigenvalue weighted by Gasteiger charge is -2.43. The third-order valence-electron chi connectivity index (χ3n) is 12.6. The second-order valence-electron chi connectivity index (χ2n) is 16.4. The Labute approximate surface area is 322 Å². The molecule has 2 nitrogen and oxygen atoms in total. The van der Waals surface area contributed by atoms with Crippen molar-refractivity contribution in [3.05, 3.63) is 192 Å². The summed E-state index contributed by atoms with van der Waals surface area (Å²) in [6.07, 6.45) is 0. The van der Waals surface area contributed by atoms with Gasteiger partial charge in [0, 0.05) is 22.0 Å². The maximum atomic E-state index is 5.26. The van der Waals surface area contributed by atoms with E-state index in [0.717, 1.165) is 28.2 Å². The van der Waals surface area contributed by atoms with E-state index in [1.165, 1.54) is 77.1 Å². The van der Waals surface area contributed by atoms with E-state index in [9.17, 15) is 0 Å². The highest BCUT2D eigenvalue weighted by Crippen LogP contribution is 2.58. The predicted octanol–water partition coefficient (Wildman–Crippen LogP) is 14.3. The molecule has 0 saturated heterocycles. The molecule has 55 heavy (non-hydrogen) atoms. The Kier molecular flexibility index (Phi) is 6.68. The number of para-hydroxylation sites is 1. The fraction of sp³-hybridized carbons (Fsp3) is 0.113. The summed E-state index contributed by atoms with van der Waals surface area (Å²) >= 11 is 0. The number of nitrogens with zero attached hydrogens (tertiary/aromatic N) is 2. The Hall–Kier alpha value is -6.51. The zero-order chi connectivity index (χ0) is 37.1. The molecule has 0 radical (unpaired) electrons. The summed E-state index contributed by atoms with van der Waals surface area (Å²) in [7, 11) is 0. The highest BCUT2D eigenvalue weighted by atomic mass is 15.2. The van der Waals surface area contributed by atoms with Crippen molar-refractivity contribution < 1.29 is 0 Å². The van der Waals surface area contributed by atoms with Crippen LogP contribution in [0.4, 0.5) is 17.1 Å². The number of rotatable bonds is 3. The molecule has 2 heterocycles. The van der Waals surface area contributed by atoms with E-state index < -0.39 is 0 Å². The minimum atomic E-state index is -0.234. The molecule has 8 aromatic carbocycles. The van der Waals surface area contributed by atoms with Crippen molar-refractivity contribution in [3.63, 3.8) is 0 Å². The monoisotopic (exact) mass is 704 g/mol. The molecule has 2 heteroatoms. The van der Waals surface area contributed by atoms with E-state index in [0.29, 0.717) is 0 Å². The van der Waals surface area contributed by atoms with Crippen molar-refractivity contribution in [2.24, 2.45) is 0 Å². The van der Waals surface area contributed by atoms with Gasteiger partial charge in [0.15, 0.2) is 0 Å². The van der Waals surface area contributed by atoms with Crippen molar-refractivity contribution in [3.8, 4) is 33.6 Å². The topological polar surface area (TPSA) is 16.1 Å². The summed E-state index contributed by atoms with van der Waals surface area (Å²) in [6.45, 7) is 9.62. The quantitative estimate of drug-likeness (QED) is 0.170.